The summed E-state index contributed by atoms with van der Waals surface area (Å²) >= 11 is 3.27. The Balaban J connectivity index is 2.60. The molecule has 0 saturated carbocycles. The van der Waals surface area contributed by atoms with Crippen molar-refractivity contribution in [3.63, 3.8) is 0 Å². The highest BCUT2D eigenvalue weighted by Crippen LogP contribution is 2.47. The van der Waals surface area contributed by atoms with Gasteiger partial charge in [-0.1, -0.05) is 6.92 Å². The molecule has 1 heterocycles. The Morgan fingerprint density at radius 2 is 2.33 bits per heavy atom. The van der Waals surface area contributed by atoms with Crippen molar-refractivity contribution in [1.82, 2.24) is 0 Å². The van der Waals surface area contributed by atoms with E-state index in [1.165, 1.54) is 0 Å². The fourth-order valence-electron chi connectivity index (χ4n) is 1.60. The molecule has 1 aliphatic heterocycles. The minimum Gasteiger partial charge on any atom is -0.506 e. The highest BCUT2D eigenvalue weighted by Gasteiger charge is 2.26. The Labute approximate surface area is 96.1 Å². The molecule has 0 aliphatic carbocycles. The summed E-state index contributed by atoms with van der Waals surface area (Å²) < 4.78 is 11.2. The molecule has 82 valence electrons. The number of ether oxygens (including phenoxy) is 2. The third kappa shape index (κ3) is 1.66. The fourth-order valence-corrected chi connectivity index (χ4v) is 2.02. The Hall–Kier alpha value is -0.940. The molecule has 4 nitrogen and oxygen atoms in total. The Morgan fingerprint density at radius 3 is 3.00 bits per heavy atom. The van der Waals surface area contributed by atoms with Crippen molar-refractivity contribution in [2.75, 3.05) is 13.3 Å². The Bertz CT molecular complexity index is 395. The van der Waals surface area contributed by atoms with Crippen molar-refractivity contribution in [3.05, 3.63) is 16.1 Å². The summed E-state index contributed by atoms with van der Waals surface area (Å²) in [6.45, 7) is 2.57. The molecule has 1 aromatic rings. The minimum absolute atomic E-state index is 0.0259. The van der Waals surface area contributed by atoms with Gasteiger partial charge in [0.05, 0.1) is 4.47 Å². The molecule has 0 saturated heterocycles. The minimum atomic E-state index is 0.0259. The zero-order valence-electron chi connectivity index (χ0n) is 8.29. The first-order valence-electron chi connectivity index (χ1n) is 4.66. The van der Waals surface area contributed by atoms with Crippen LogP contribution in [0.1, 0.15) is 18.4 Å². The van der Waals surface area contributed by atoms with Crippen LogP contribution in [-0.2, 0) is 0 Å². The molecule has 1 atom stereocenters. The van der Waals surface area contributed by atoms with Gasteiger partial charge in [-0.2, -0.15) is 0 Å². The third-order valence-electron chi connectivity index (χ3n) is 2.47. The second-order valence-corrected chi connectivity index (χ2v) is 4.35. The Morgan fingerprint density at radius 1 is 1.60 bits per heavy atom. The van der Waals surface area contributed by atoms with Crippen molar-refractivity contribution in [2.45, 2.75) is 12.8 Å². The highest BCUT2D eigenvalue weighted by molar-refractivity contribution is 9.10. The predicted octanol–water partition coefficient (Wildman–Crippen LogP) is 1.95. The number of phenols is 1. The van der Waals surface area contributed by atoms with Crippen LogP contribution in [0.5, 0.6) is 17.2 Å². The number of hydrogen-bond donors (Lipinski definition) is 2. The van der Waals surface area contributed by atoms with Crippen LogP contribution in [0.3, 0.4) is 0 Å². The van der Waals surface area contributed by atoms with Gasteiger partial charge in [-0.15, -0.1) is 0 Å². The van der Waals surface area contributed by atoms with Crippen molar-refractivity contribution >= 4 is 15.9 Å². The van der Waals surface area contributed by atoms with Gasteiger partial charge in [0.2, 0.25) is 6.79 Å². The van der Waals surface area contributed by atoms with Crippen LogP contribution in [0.4, 0.5) is 0 Å². The molecular formula is C10H12BrNO3. The summed E-state index contributed by atoms with van der Waals surface area (Å²) in [4.78, 5) is 0. The second-order valence-electron chi connectivity index (χ2n) is 3.49. The van der Waals surface area contributed by atoms with Gasteiger partial charge >= 0.3 is 0 Å². The molecule has 3 N–H and O–H groups in total. The summed E-state index contributed by atoms with van der Waals surface area (Å²) in [7, 11) is 0. The third-order valence-corrected chi connectivity index (χ3v) is 3.08. The van der Waals surface area contributed by atoms with E-state index in [4.69, 9.17) is 15.2 Å². The largest absolute Gasteiger partial charge is 0.506 e. The average Bonchev–Trinajstić information content (AvgIpc) is 2.66. The van der Waals surface area contributed by atoms with E-state index in [0.29, 0.717) is 28.1 Å². The SMILES string of the molecule is CC(CN)c1c(O)c(Br)cc2c1OCO2. The zero-order valence-corrected chi connectivity index (χ0v) is 9.87. The van der Waals surface area contributed by atoms with Crippen molar-refractivity contribution in [3.8, 4) is 17.2 Å². The monoisotopic (exact) mass is 273 g/mol. The van der Waals surface area contributed by atoms with Crippen molar-refractivity contribution in [2.24, 2.45) is 5.73 Å². The topological polar surface area (TPSA) is 64.7 Å². The normalized spacial score (nSPS) is 15.4. The maximum atomic E-state index is 9.93. The molecule has 1 aliphatic rings. The summed E-state index contributed by atoms with van der Waals surface area (Å²) in [5.41, 5.74) is 6.30. The molecule has 0 fully saturated rings. The van der Waals surface area contributed by atoms with E-state index < -0.39 is 0 Å². The first-order chi connectivity index (χ1) is 7.15. The average molecular weight is 274 g/mol. The van der Waals surface area contributed by atoms with Gasteiger partial charge in [-0.05, 0) is 22.5 Å². The number of benzene rings is 1. The lowest BCUT2D eigenvalue weighted by Crippen LogP contribution is -2.10. The number of aromatic hydroxyl groups is 1. The van der Waals surface area contributed by atoms with E-state index in [2.05, 4.69) is 15.9 Å². The maximum Gasteiger partial charge on any atom is 0.231 e. The molecular weight excluding hydrogens is 262 g/mol. The van der Waals surface area contributed by atoms with Crippen molar-refractivity contribution < 1.29 is 14.6 Å². The predicted molar refractivity (Wildman–Crippen MR) is 59.4 cm³/mol. The first kappa shape index (κ1) is 10.6. The molecule has 1 aromatic carbocycles. The molecule has 2 rings (SSSR count). The lowest BCUT2D eigenvalue weighted by atomic mass is 9.99. The van der Waals surface area contributed by atoms with Crippen LogP contribution in [0.25, 0.3) is 0 Å². The number of nitrogens with two attached hydrogens (primary N) is 1. The van der Waals surface area contributed by atoms with Crippen LogP contribution in [0, 0.1) is 0 Å². The van der Waals surface area contributed by atoms with E-state index in [-0.39, 0.29) is 18.5 Å². The fraction of sp³-hybridized carbons (Fsp3) is 0.400. The van der Waals surface area contributed by atoms with E-state index in [1.807, 2.05) is 6.92 Å². The van der Waals surface area contributed by atoms with Crippen LogP contribution < -0.4 is 15.2 Å². The molecule has 0 aromatic heterocycles. The number of fused-ring (bicyclic) bond motifs is 1. The molecule has 0 amide bonds. The lowest BCUT2D eigenvalue weighted by Gasteiger charge is -2.14. The van der Waals surface area contributed by atoms with Crippen LogP contribution in [0.15, 0.2) is 10.5 Å². The summed E-state index contributed by atoms with van der Waals surface area (Å²) in [6.07, 6.45) is 0. The molecule has 0 spiro atoms. The number of hydrogen-bond acceptors (Lipinski definition) is 4. The molecule has 0 radical (unpaired) electrons. The van der Waals surface area contributed by atoms with Crippen LogP contribution in [-0.4, -0.2) is 18.4 Å². The molecule has 0 bridgehead atoms. The van der Waals surface area contributed by atoms with E-state index in [1.54, 1.807) is 6.07 Å². The lowest BCUT2D eigenvalue weighted by molar-refractivity contribution is 0.173. The summed E-state index contributed by atoms with van der Waals surface area (Å²) in [6, 6.07) is 1.70. The molecule has 1 unspecified atom stereocenters. The van der Waals surface area contributed by atoms with Gasteiger partial charge in [0, 0.05) is 17.5 Å². The second kappa shape index (κ2) is 3.90. The van der Waals surface area contributed by atoms with E-state index in [9.17, 15) is 5.11 Å². The van der Waals surface area contributed by atoms with Gasteiger partial charge in [-0.3, -0.25) is 0 Å². The zero-order chi connectivity index (χ0) is 11.0. The number of halogens is 1. The summed E-state index contributed by atoms with van der Waals surface area (Å²) in [5.74, 6) is 1.46. The van der Waals surface area contributed by atoms with Crippen LogP contribution >= 0.6 is 15.9 Å². The standard InChI is InChI=1S/C10H12BrNO3/c1-5(3-12)8-9(13)6(11)2-7-10(8)15-4-14-7/h2,5,13H,3-4,12H2,1H3. The van der Waals surface area contributed by atoms with Gasteiger partial charge in [0.25, 0.3) is 0 Å². The number of phenolic OH excluding ortho intramolecular Hbond substituents is 1. The van der Waals surface area contributed by atoms with Crippen LogP contribution in [0.2, 0.25) is 0 Å². The van der Waals surface area contributed by atoms with Gasteiger partial charge in [0.15, 0.2) is 11.5 Å². The molecule has 5 heteroatoms. The molecule has 15 heavy (non-hydrogen) atoms. The van der Waals surface area contributed by atoms with Crippen molar-refractivity contribution in [1.29, 1.82) is 0 Å². The summed E-state index contributed by atoms with van der Waals surface area (Å²) in [5, 5.41) is 9.93. The smallest absolute Gasteiger partial charge is 0.231 e. The van der Waals surface area contributed by atoms with Gasteiger partial charge < -0.3 is 20.3 Å². The van der Waals surface area contributed by atoms with Gasteiger partial charge in [-0.25, -0.2) is 0 Å². The first-order valence-corrected chi connectivity index (χ1v) is 5.45. The Kier molecular flexibility index (Phi) is 2.75. The van der Waals surface area contributed by atoms with E-state index >= 15 is 0 Å². The quantitative estimate of drug-likeness (QED) is 0.865. The number of rotatable bonds is 2. The van der Waals surface area contributed by atoms with Gasteiger partial charge in [0.1, 0.15) is 5.75 Å². The van der Waals surface area contributed by atoms with E-state index in [0.717, 1.165) is 0 Å². The highest BCUT2D eigenvalue weighted by atomic mass is 79.9. The maximum absolute atomic E-state index is 9.93.